The Morgan fingerprint density at radius 3 is 2.71 bits per heavy atom. The van der Waals surface area contributed by atoms with Gasteiger partial charge in [-0.25, -0.2) is 9.18 Å². The highest BCUT2D eigenvalue weighted by Crippen LogP contribution is 2.34. The molecule has 0 aromatic rings. The molecule has 2 fully saturated rings. The molecule has 2 aliphatic rings. The first kappa shape index (κ1) is 14.5. The van der Waals surface area contributed by atoms with Gasteiger partial charge in [0, 0.05) is 25.6 Å². The van der Waals surface area contributed by atoms with Gasteiger partial charge in [0.05, 0.1) is 6.54 Å². The summed E-state index contributed by atoms with van der Waals surface area (Å²) in [6, 6.07) is 0. The van der Waals surface area contributed by atoms with E-state index in [2.05, 4.69) is 5.32 Å². The second kappa shape index (κ2) is 4.61. The molecular formula is C11H20ClFN2O2. The molecule has 100 valence electrons. The molecular weight excluding hydrogens is 247 g/mol. The van der Waals surface area contributed by atoms with Crippen LogP contribution in [0, 0.1) is 5.92 Å². The lowest BCUT2D eigenvalue weighted by atomic mass is 9.97. The third kappa shape index (κ3) is 3.01. The van der Waals surface area contributed by atoms with Crippen LogP contribution in [0.15, 0.2) is 0 Å². The summed E-state index contributed by atoms with van der Waals surface area (Å²) in [5.41, 5.74) is -1.77. The number of likely N-dealkylation sites (tertiary alicyclic amines) is 1. The minimum atomic E-state index is -1.25. The van der Waals surface area contributed by atoms with Gasteiger partial charge in [0.1, 0.15) is 11.3 Å². The average Bonchev–Trinajstić information content (AvgIpc) is 2.55. The van der Waals surface area contributed by atoms with Gasteiger partial charge in [0.15, 0.2) is 0 Å². The van der Waals surface area contributed by atoms with E-state index in [0.29, 0.717) is 19.6 Å². The number of halogens is 2. The number of hydrogen-bond acceptors (Lipinski definition) is 3. The minimum absolute atomic E-state index is 0. The topological polar surface area (TPSA) is 41.6 Å². The maximum atomic E-state index is 14.2. The van der Waals surface area contributed by atoms with E-state index in [9.17, 15) is 9.18 Å². The molecule has 0 radical (unpaired) electrons. The predicted octanol–water partition coefficient (Wildman–Crippen LogP) is 1.59. The van der Waals surface area contributed by atoms with E-state index >= 15 is 0 Å². The maximum Gasteiger partial charge on any atom is 0.410 e. The van der Waals surface area contributed by atoms with Crippen LogP contribution in [0.3, 0.4) is 0 Å². The monoisotopic (exact) mass is 266 g/mol. The van der Waals surface area contributed by atoms with Crippen LogP contribution in [-0.4, -0.2) is 48.4 Å². The Balaban J connectivity index is 0.00000144. The van der Waals surface area contributed by atoms with Gasteiger partial charge >= 0.3 is 6.09 Å². The first-order valence-corrected chi connectivity index (χ1v) is 5.68. The van der Waals surface area contributed by atoms with Gasteiger partial charge in [0.2, 0.25) is 0 Å². The molecule has 2 aliphatic heterocycles. The molecule has 0 spiro atoms. The Morgan fingerprint density at radius 2 is 2.18 bits per heavy atom. The van der Waals surface area contributed by atoms with E-state index < -0.39 is 17.4 Å². The quantitative estimate of drug-likeness (QED) is 0.724. The molecule has 2 atom stereocenters. The first-order chi connectivity index (χ1) is 7.30. The summed E-state index contributed by atoms with van der Waals surface area (Å²) >= 11 is 0. The number of carbonyl (C=O) groups is 1. The number of ether oxygens (including phenoxy) is 1. The number of alkyl halides is 1. The van der Waals surface area contributed by atoms with Crippen molar-refractivity contribution < 1.29 is 13.9 Å². The smallest absolute Gasteiger partial charge is 0.410 e. The molecule has 0 bridgehead atoms. The average molecular weight is 267 g/mol. The lowest BCUT2D eigenvalue weighted by Crippen LogP contribution is -2.39. The zero-order chi connectivity index (χ0) is 12.0. The van der Waals surface area contributed by atoms with Crippen LogP contribution >= 0.6 is 12.4 Å². The van der Waals surface area contributed by atoms with Gasteiger partial charge in [-0.15, -0.1) is 12.4 Å². The second-order valence-corrected chi connectivity index (χ2v) is 5.72. The van der Waals surface area contributed by atoms with Gasteiger partial charge in [-0.05, 0) is 20.8 Å². The maximum absolute atomic E-state index is 14.2. The fraction of sp³-hybridized carbons (Fsp3) is 0.909. The van der Waals surface area contributed by atoms with Crippen molar-refractivity contribution in [2.75, 3.05) is 26.2 Å². The van der Waals surface area contributed by atoms with Crippen LogP contribution in [-0.2, 0) is 4.74 Å². The van der Waals surface area contributed by atoms with Gasteiger partial charge in [-0.1, -0.05) is 0 Å². The molecule has 0 aromatic heterocycles. The van der Waals surface area contributed by atoms with Crippen LogP contribution in [0.25, 0.3) is 0 Å². The number of carbonyl (C=O) groups excluding carboxylic acids is 1. The molecule has 2 rings (SSSR count). The van der Waals surface area contributed by atoms with Crippen molar-refractivity contribution in [3.63, 3.8) is 0 Å². The van der Waals surface area contributed by atoms with Crippen LogP contribution < -0.4 is 5.32 Å². The molecule has 0 aromatic carbocycles. The number of hydrogen-bond donors (Lipinski definition) is 1. The highest BCUT2D eigenvalue weighted by molar-refractivity contribution is 5.85. The first-order valence-electron chi connectivity index (χ1n) is 5.68. The highest BCUT2D eigenvalue weighted by Gasteiger charge is 2.52. The Hall–Kier alpha value is -0.550. The molecule has 4 nitrogen and oxygen atoms in total. The number of amides is 1. The molecule has 6 heteroatoms. The van der Waals surface area contributed by atoms with Crippen LogP contribution in [0.5, 0.6) is 0 Å². The van der Waals surface area contributed by atoms with Crippen molar-refractivity contribution in [2.24, 2.45) is 5.92 Å². The summed E-state index contributed by atoms with van der Waals surface area (Å²) in [5.74, 6) is -0.0833. The summed E-state index contributed by atoms with van der Waals surface area (Å²) in [6.07, 6.45) is -0.404. The van der Waals surface area contributed by atoms with Crippen molar-refractivity contribution in [2.45, 2.75) is 32.0 Å². The van der Waals surface area contributed by atoms with Crippen LogP contribution in [0.2, 0.25) is 0 Å². The number of fused-ring (bicyclic) bond motifs is 1. The standard InChI is InChI=1S/C11H19FN2O2.ClH/c1-10(2,3)16-9(15)14-5-8-4-13-6-11(8,12)7-14;/h8,13H,4-7H2,1-3H3;1H/t8-,11+;/m1./s1. The number of nitrogens with zero attached hydrogens (tertiary/aromatic N) is 1. The summed E-state index contributed by atoms with van der Waals surface area (Å²) in [6.45, 7) is 7.04. The van der Waals surface area contributed by atoms with Crippen molar-refractivity contribution in [3.8, 4) is 0 Å². The van der Waals surface area contributed by atoms with Gasteiger partial charge < -0.3 is 15.0 Å². The van der Waals surface area contributed by atoms with Gasteiger partial charge in [-0.3, -0.25) is 0 Å². The van der Waals surface area contributed by atoms with E-state index in [0.717, 1.165) is 0 Å². The Bertz CT molecular complexity index is 308. The molecule has 17 heavy (non-hydrogen) atoms. The molecule has 0 saturated carbocycles. The molecule has 0 unspecified atom stereocenters. The Kier molecular flexibility index (Phi) is 3.94. The number of nitrogens with one attached hydrogen (secondary N) is 1. The highest BCUT2D eigenvalue weighted by atomic mass is 35.5. The van der Waals surface area contributed by atoms with Crippen molar-refractivity contribution >= 4 is 18.5 Å². The van der Waals surface area contributed by atoms with Crippen molar-refractivity contribution in [1.29, 1.82) is 0 Å². The predicted molar refractivity (Wildman–Crippen MR) is 65.3 cm³/mol. The normalized spacial score (nSPS) is 32.0. The van der Waals surface area contributed by atoms with Gasteiger partial charge in [0.25, 0.3) is 0 Å². The van der Waals surface area contributed by atoms with Crippen molar-refractivity contribution in [3.05, 3.63) is 0 Å². The summed E-state index contributed by atoms with van der Waals surface area (Å²) in [4.78, 5) is 13.2. The lowest BCUT2D eigenvalue weighted by molar-refractivity contribution is 0.0259. The molecule has 1 N–H and O–H groups in total. The summed E-state index contributed by atoms with van der Waals surface area (Å²) < 4.78 is 19.5. The van der Waals surface area contributed by atoms with E-state index in [-0.39, 0.29) is 24.9 Å². The SMILES string of the molecule is CC(C)(C)OC(=O)N1C[C@H]2CNC[C@]2(F)C1.Cl. The molecule has 1 amide bonds. The lowest BCUT2D eigenvalue weighted by Gasteiger charge is -2.25. The Morgan fingerprint density at radius 1 is 1.53 bits per heavy atom. The van der Waals surface area contributed by atoms with Crippen molar-refractivity contribution in [1.82, 2.24) is 10.2 Å². The van der Waals surface area contributed by atoms with E-state index in [1.165, 1.54) is 4.90 Å². The van der Waals surface area contributed by atoms with E-state index in [4.69, 9.17) is 4.74 Å². The molecule has 2 saturated heterocycles. The summed E-state index contributed by atoms with van der Waals surface area (Å²) in [7, 11) is 0. The Labute approximate surface area is 107 Å². The van der Waals surface area contributed by atoms with Gasteiger partial charge in [-0.2, -0.15) is 0 Å². The zero-order valence-corrected chi connectivity index (χ0v) is 11.3. The number of rotatable bonds is 0. The summed E-state index contributed by atoms with van der Waals surface area (Å²) in [5, 5.41) is 3.02. The zero-order valence-electron chi connectivity index (χ0n) is 10.5. The fourth-order valence-electron chi connectivity index (χ4n) is 2.31. The van der Waals surface area contributed by atoms with Crippen LogP contribution in [0.1, 0.15) is 20.8 Å². The fourth-order valence-corrected chi connectivity index (χ4v) is 2.31. The van der Waals surface area contributed by atoms with E-state index in [1.54, 1.807) is 0 Å². The van der Waals surface area contributed by atoms with Crippen LogP contribution in [0.4, 0.5) is 9.18 Å². The molecule has 2 heterocycles. The largest absolute Gasteiger partial charge is 0.444 e. The third-order valence-corrected chi connectivity index (χ3v) is 3.09. The minimum Gasteiger partial charge on any atom is -0.444 e. The van der Waals surface area contributed by atoms with E-state index in [1.807, 2.05) is 20.8 Å². The third-order valence-electron chi connectivity index (χ3n) is 3.09. The second-order valence-electron chi connectivity index (χ2n) is 5.72. The molecule has 0 aliphatic carbocycles.